The molecule has 110 valence electrons. The molecule has 0 spiro atoms. The fourth-order valence-electron chi connectivity index (χ4n) is 2.54. The predicted octanol–water partition coefficient (Wildman–Crippen LogP) is 2.43. The van der Waals surface area contributed by atoms with E-state index in [9.17, 15) is 10.1 Å². The fourth-order valence-corrected chi connectivity index (χ4v) is 2.72. The molecule has 0 saturated carbocycles. The second-order valence-electron chi connectivity index (χ2n) is 5.02. The second kappa shape index (κ2) is 6.39. The lowest BCUT2D eigenvalue weighted by Gasteiger charge is -2.29. The SMILES string of the molecule is COCC1(CNc2cc(Cl)ccc2[N+](=O)[O-])CCCN1. The Morgan fingerprint density at radius 2 is 2.40 bits per heavy atom. The van der Waals surface area contributed by atoms with E-state index in [-0.39, 0.29) is 11.2 Å². The molecule has 2 rings (SSSR count). The number of methoxy groups -OCH3 is 1. The molecule has 1 atom stereocenters. The Morgan fingerprint density at radius 1 is 1.60 bits per heavy atom. The zero-order chi connectivity index (χ0) is 14.6. The van der Waals surface area contributed by atoms with Crippen molar-refractivity contribution in [3.05, 3.63) is 33.3 Å². The van der Waals surface area contributed by atoms with E-state index < -0.39 is 4.92 Å². The molecule has 0 amide bonds. The van der Waals surface area contributed by atoms with Crippen molar-refractivity contribution in [2.45, 2.75) is 18.4 Å². The van der Waals surface area contributed by atoms with Gasteiger partial charge in [-0.15, -0.1) is 0 Å². The van der Waals surface area contributed by atoms with Crippen molar-refractivity contribution in [2.75, 3.05) is 32.1 Å². The maximum atomic E-state index is 11.0. The van der Waals surface area contributed by atoms with Crippen LogP contribution in [0.1, 0.15) is 12.8 Å². The Morgan fingerprint density at radius 3 is 3.00 bits per heavy atom. The van der Waals surface area contributed by atoms with Crippen LogP contribution in [0.25, 0.3) is 0 Å². The van der Waals surface area contributed by atoms with E-state index in [1.54, 1.807) is 13.2 Å². The number of nitro benzene ring substituents is 1. The normalized spacial score (nSPS) is 21.9. The third-order valence-electron chi connectivity index (χ3n) is 3.53. The fraction of sp³-hybridized carbons (Fsp3) is 0.538. The van der Waals surface area contributed by atoms with Gasteiger partial charge in [0.15, 0.2) is 0 Å². The zero-order valence-electron chi connectivity index (χ0n) is 11.3. The summed E-state index contributed by atoms with van der Waals surface area (Å²) in [5, 5.41) is 18.0. The monoisotopic (exact) mass is 299 g/mol. The summed E-state index contributed by atoms with van der Waals surface area (Å²) in [6.45, 7) is 2.05. The van der Waals surface area contributed by atoms with Crippen LogP contribution in [0.2, 0.25) is 5.02 Å². The molecule has 1 saturated heterocycles. The van der Waals surface area contributed by atoms with Gasteiger partial charge >= 0.3 is 0 Å². The molecule has 1 fully saturated rings. The number of nitrogens with zero attached hydrogens (tertiary/aromatic N) is 1. The van der Waals surface area contributed by atoms with Crippen LogP contribution >= 0.6 is 11.6 Å². The number of ether oxygens (including phenoxy) is 1. The largest absolute Gasteiger partial charge is 0.383 e. The number of halogens is 1. The molecular weight excluding hydrogens is 282 g/mol. The Labute approximate surface area is 122 Å². The predicted molar refractivity (Wildman–Crippen MR) is 78.4 cm³/mol. The topological polar surface area (TPSA) is 76.4 Å². The standard InChI is InChI=1S/C13H18ClN3O3/c1-20-9-13(5-2-6-16-13)8-15-11-7-10(14)3-4-12(11)17(18)19/h3-4,7,15-16H,2,5-6,8-9H2,1H3. The van der Waals surface area contributed by atoms with Crippen molar-refractivity contribution in [2.24, 2.45) is 0 Å². The number of anilines is 1. The van der Waals surface area contributed by atoms with Crippen molar-refractivity contribution in [1.29, 1.82) is 0 Å². The Bertz CT molecular complexity index is 490. The molecule has 1 aromatic rings. The van der Waals surface area contributed by atoms with E-state index in [2.05, 4.69) is 10.6 Å². The second-order valence-corrected chi connectivity index (χ2v) is 5.45. The molecule has 2 N–H and O–H groups in total. The first kappa shape index (κ1) is 15.0. The van der Waals surface area contributed by atoms with Crippen LogP contribution in [-0.2, 0) is 4.74 Å². The average molecular weight is 300 g/mol. The summed E-state index contributed by atoms with van der Waals surface area (Å²) in [7, 11) is 1.66. The molecule has 0 aliphatic carbocycles. The van der Waals surface area contributed by atoms with Gasteiger partial charge in [0.25, 0.3) is 5.69 Å². The van der Waals surface area contributed by atoms with Crippen LogP contribution in [0.4, 0.5) is 11.4 Å². The molecule has 1 aliphatic rings. The van der Waals surface area contributed by atoms with Crippen LogP contribution in [0.5, 0.6) is 0 Å². The number of rotatable bonds is 6. The highest BCUT2D eigenvalue weighted by atomic mass is 35.5. The Hall–Kier alpha value is -1.37. The van der Waals surface area contributed by atoms with E-state index >= 15 is 0 Å². The van der Waals surface area contributed by atoms with E-state index in [4.69, 9.17) is 16.3 Å². The summed E-state index contributed by atoms with van der Waals surface area (Å²) in [4.78, 5) is 10.6. The summed E-state index contributed by atoms with van der Waals surface area (Å²) < 4.78 is 5.26. The minimum Gasteiger partial charge on any atom is -0.383 e. The Kier molecular flexibility index (Phi) is 4.80. The molecule has 20 heavy (non-hydrogen) atoms. The zero-order valence-corrected chi connectivity index (χ0v) is 12.1. The summed E-state index contributed by atoms with van der Waals surface area (Å²) in [5.41, 5.74) is 0.289. The lowest BCUT2D eigenvalue weighted by atomic mass is 9.98. The number of nitro groups is 1. The van der Waals surface area contributed by atoms with Gasteiger partial charge in [-0.05, 0) is 31.5 Å². The van der Waals surface area contributed by atoms with Gasteiger partial charge in [-0.1, -0.05) is 11.6 Å². The summed E-state index contributed by atoms with van der Waals surface area (Å²) in [5.74, 6) is 0. The molecule has 0 bridgehead atoms. The minimum atomic E-state index is -0.413. The number of benzene rings is 1. The first-order valence-corrected chi connectivity index (χ1v) is 6.86. The van der Waals surface area contributed by atoms with Crippen molar-refractivity contribution in [1.82, 2.24) is 5.32 Å². The van der Waals surface area contributed by atoms with Gasteiger partial charge in [-0.3, -0.25) is 10.1 Å². The third kappa shape index (κ3) is 3.39. The molecule has 0 aromatic heterocycles. The lowest BCUT2D eigenvalue weighted by Crippen LogP contribution is -2.49. The van der Waals surface area contributed by atoms with Crippen LogP contribution < -0.4 is 10.6 Å². The molecule has 1 heterocycles. The van der Waals surface area contributed by atoms with Crippen LogP contribution in [0, 0.1) is 10.1 Å². The first-order chi connectivity index (χ1) is 9.56. The Balaban J connectivity index is 2.13. The van der Waals surface area contributed by atoms with Crippen molar-refractivity contribution in [3.8, 4) is 0 Å². The summed E-state index contributed by atoms with van der Waals surface area (Å²) >= 11 is 5.91. The number of hydrogen-bond donors (Lipinski definition) is 2. The molecule has 7 heteroatoms. The van der Waals surface area contributed by atoms with Gasteiger partial charge in [0.1, 0.15) is 5.69 Å². The van der Waals surface area contributed by atoms with E-state index in [0.29, 0.717) is 23.9 Å². The van der Waals surface area contributed by atoms with Crippen molar-refractivity contribution < 1.29 is 9.66 Å². The van der Waals surface area contributed by atoms with Gasteiger partial charge in [0.2, 0.25) is 0 Å². The third-order valence-corrected chi connectivity index (χ3v) is 3.76. The quantitative estimate of drug-likeness (QED) is 0.623. The summed E-state index contributed by atoms with van der Waals surface area (Å²) in [6.07, 6.45) is 2.05. The molecule has 0 radical (unpaired) electrons. The van der Waals surface area contributed by atoms with Gasteiger partial charge in [-0.2, -0.15) is 0 Å². The van der Waals surface area contributed by atoms with Gasteiger partial charge in [0.05, 0.1) is 17.1 Å². The number of hydrogen-bond acceptors (Lipinski definition) is 5. The molecule has 1 aliphatic heterocycles. The van der Waals surface area contributed by atoms with Crippen LogP contribution in [0.15, 0.2) is 18.2 Å². The molecule has 6 nitrogen and oxygen atoms in total. The van der Waals surface area contributed by atoms with E-state index in [0.717, 1.165) is 19.4 Å². The minimum absolute atomic E-state index is 0.0277. The maximum absolute atomic E-state index is 11.0. The smallest absolute Gasteiger partial charge is 0.292 e. The lowest BCUT2D eigenvalue weighted by molar-refractivity contribution is -0.384. The maximum Gasteiger partial charge on any atom is 0.292 e. The highest BCUT2D eigenvalue weighted by Gasteiger charge is 2.33. The highest BCUT2D eigenvalue weighted by Crippen LogP contribution is 2.29. The highest BCUT2D eigenvalue weighted by molar-refractivity contribution is 6.31. The average Bonchev–Trinajstić information content (AvgIpc) is 2.86. The number of nitrogens with one attached hydrogen (secondary N) is 2. The molecule has 1 unspecified atom stereocenters. The van der Waals surface area contributed by atoms with Gasteiger partial charge in [-0.25, -0.2) is 0 Å². The van der Waals surface area contributed by atoms with E-state index in [1.807, 2.05) is 0 Å². The molecular formula is C13H18ClN3O3. The summed E-state index contributed by atoms with van der Waals surface area (Å²) in [6, 6.07) is 4.51. The van der Waals surface area contributed by atoms with Gasteiger partial charge < -0.3 is 15.4 Å². The van der Waals surface area contributed by atoms with Crippen LogP contribution in [0.3, 0.4) is 0 Å². The first-order valence-electron chi connectivity index (χ1n) is 6.48. The molecule has 1 aromatic carbocycles. The van der Waals surface area contributed by atoms with Crippen molar-refractivity contribution >= 4 is 23.0 Å². The van der Waals surface area contributed by atoms with Crippen LogP contribution in [-0.4, -0.2) is 37.3 Å². The van der Waals surface area contributed by atoms with Gasteiger partial charge in [0, 0.05) is 24.7 Å². The van der Waals surface area contributed by atoms with Crippen molar-refractivity contribution in [3.63, 3.8) is 0 Å². The van der Waals surface area contributed by atoms with E-state index in [1.165, 1.54) is 12.1 Å².